The van der Waals surface area contributed by atoms with Crippen LogP contribution in [0.3, 0.4) is 0 Å². The average Bonchev–Trinajstić information content (AvgIpc) is 2.72. The van der Waals surface area contributed by atoms with Gasteiger partial charge in [0.25, 0.3) is 0 Å². The molecule has 1 aromatic carbocycles. The van der Waals surface area contributed by atoms with Gasteiger partial charge < -0.3 is 5.11 Å². The van der Waals surface area contributed by atoms with Crippen LogP contribution >= 0.6 is 0 Å². The van der Waals surface area contributed by atoms with Crippen molar-refractivity contribution in [2.45, 2.75) is 46.6 Å². The Morgan fingerprint density at radius 3 is 2.42 bits per heavy atom. The third-order valence-electron chi connectivity index (χ3n) is 3.18. The Morgan fingerprint density at radius 2 is 1.89 bits per heavy atom. The molecule has 1 N–H and O–H groups in total. The van der Waals surface area contributed by atoms with Crippen LogP contribution in [0, 0.1) is 13.8 Å². The summed E-state index contributed by atoms with van der Waals surface area (Å²) in [5, 5.41) is 17.8. The maximum atomic E-state index is 9.44. The summed E-state index contributed by atoms with van der Waals surface area (Å²) in [5.41, 5.74) is 4.87. The molecule has 2 rings (SSSR count). The second-order valence-corrected chi connectivity index (χ2v) is 5.99. The van der Waals surface area contributed by atoms with Crippen molar-refractivity contribution >= 4 is 0 Å². The van der Waals surface area contributed by atoms with Gasteiger partial charge in [-0.3, -0.25) is 0 Å². The Morgan fingerprint density at radius 1 is 1.21 bits per heavy atom. The molecular weight excluding hydrogens is 238 g/mol. The van der Waals surface area contributed by atoms with Crippen LogP contribution in [0.15, 0.2) is 18.2 Å². The molecule has 2 aromatic rings. The lowest BCUT2D eigenvalue weighted by Gasteiger charge is -2.21. The van der Waals surface area contributed by atoms with Crippen molar-refractivity contribution < 1.29 is 5.11 Å². The first-order chi connectivity index (χ1) is 8.84. The van der Waals surface area contributed by atoms with E-state index >= 15 is 0 Å². The van der Waals surface area contributed by atoms with E-state index in [1.165, 1.54) is 5.56 Å². The molecule has 0 saturated carbocycles. The van der Waals surface area contributed by atoms with E-state index in [1.54, 1.807) is 0 Å². The van der Waals surface area contributed by atoms with Gasteiger partial charge in [-0.15, -0.1) is 5.10 Å². The van der Waals surface area contributed by atoms with E-state index < -0.39 is 0 Å². The number of rotatable bonds is 2. The molecule has 0 bridgehead atoms. The summed E-state index contributed by atoms with van der Waals surface area (Å²) in [6.45, 7) is 10.4. The van der Waals surface area contributed by atoms with Gasteiger partial charge in [0.05, 0.1) is 18.0 Å². The Bertz CT molecular complexity index is 594. The molecule has 0 atom stereocenters. The van der Waals surface area contributed by atoms with Crippen LogP contribution in [0.25, 0.3) is 5.69 Å². The van der Waals surface area contributed by atoms with E-state index in [9.17, 15) is 5.11 Å². The zero-order valence-electron chi connectivity index (χ0n) is 12.2. The number of aromatic nitrogens is 3. The van der Waals surface area contributed by atoms with Gasteiger partial charge >= 0.3 is 0 Å². The Kier molecular flexibility index (Phi) is 3.45. The van der Waals surface area contributed by atoms with Crippen LogP contribution in [0.4, 0.5) is 0 Å². The van der Waals surface area contributed by atoms with Crippen LogP contribution in [0.5, 0.6) is 0 Å². The highest BCUT2D eigenvalue weighted by molar-refractivity contribution is 5.44. The molecule has 0 radical (unpaired) electrons. The largest absolute Gasteiger partial charge is 0.390 e. The highest BCUT2D eigenvalue weighted by Crippen LogP contribution is 2.28. The fourth-order valence-corrected chi connectivity index (χ4v) is 2.38. The summed E-state index contributed by atoms with van der Waals surface area (Å²) >= 11 is 0. The van der Waals surface area contributed by atoms with E-state index in [4.69, 9.17) is 0 Å². The van der Waals surface area contributed by atoms with Crippen molar-refractivity contribution in [1.29, 1.82) is 0 Å². The lowest BCUT2D eigenvalue weighted by molar-refractivity contribution is 0.273. The van der Waals surface area contributed by atoms with Crippen molar-refractivity contribution in [2.75, 3.05) is 0 Å². The number of hydrogen-bond acceptors (Lipinski definition) is 3. The fraction of sp³-hybridized carbons (Fsp3) is 0.467. The molecule has 0 unspecified atom stereocenters. The van der Waals surface area contributed by atoms with Gasteiger partial charge in [-0.05, 0) is 25.5 Å². The Balaban J connectivity index is 2.66. The summed E-state index contributed by atoms with van der Waals surface area (Å²) in [6.07, 6.45) is 0. The molecule has 0 amide bonds. The van der Waals surface area contributed by atoms with Gasteiger partial charge in [-0.25, -0.2) is 4.68 Å². The van der Waals surface area contributed by atoms with Gasteiger partial charge in [0.2, 0.25) is 0 Å². The molecular formula is C15H21N3O. The summed E-state index contributed by atoms with van der Waals surface area (Å²) in [7, 11) is 0. The molecule has 0 aliphatic rings. The van der Waals surface area contributed by atoms with Crippen molar-refractivity contribution in [3.8, 4) is 5.69 Å². The molecule has 0 aliphatic carbocycles. The minimum absolute atomic E-state index is 0.0858. The standard InChI is InChI=1S/C15H21N3O/c1-10-6-7-13(11(2)8-10)18-14(15(3,4)5)12(9-19)16-17-18/h6-8,19H,9H2,1-5H3. The maximum absolute atomic E-state index is 9.44. The minimum atomic E-state index is -0.126. The zero-order valence-corrected chi connectivity index (χ0v) is 12.2. The van der Waals surface area contributed by atoms with Crippen LogP contribution in [0.1, 0.15) is 43.3 Å². The highest BCUT2D eigenvalue weighted by Gasteiger charge is 2.26. The van der Waals surface area contributed by atoms with Crippen molar-refractivity contribution in [3.63, 3.8) is 0 Å². The third kappa shape index (κ3) is 2.54. The summed E-state index contributed by atoms with van der Waals surface area (Å²) < 4.78 is 1.85. The predicted octanol–water partition coefficient (Wildman–Crippen LogP) is 2.67. The summed E-state index contributed by atoms with van der Waals surface area (Å²) in [5.74, 6) is 0. The third-order valence-corrected chi connectivity index (χ3v) is 3.18. The summed E-state index contributed by atoms with van der Waals surface area (Å²) in [4.78, 5) is 0. The number of nitrogens with zero attached hydrogens (tertiary/aromatic N) is 3. The molecule has 1 heterocycles. The maximum Gasteiger partial charge on any atom is 0.112 e. The van der Waals surface area contributed by atoms with E-state index in [0.29, 0.717) is 5.69 Å². The van der Waals surface area contributed by atoms with Gasteiger partial charge in [-0.2, -0.15) is 0 Å². The second kappa shape index (κ2) is 4.78. The first-order valence-corrected chi connectivity index (χ1v) is 6.48. The molecule has 4 nitrogen and oxygen atoms in total. The van der Waals surface area contributed by atoms with Crippen molar-refractivity contribution in [1.82, 2.24) is 15.0 Å². The zero-order chi connectivity index (χ0) is 14.2. The topological polar surface area (TPSA) is 50.9 Å². The Hall–Kier alpha value is -1.68. The van der Waals surface area contributed by atoms with E-state index in [-0.39, 0.29) is 12.0 Å². The highest BCUT2D eigenvalue weighted by atomic mass is 16.3. The quantitative estimate of drug-likeness (QED) is 0.902. The van der Waals surface area contributed by atoms with Gasteiger partial charge in [0.15, 0.2) is 0 Å². The van der Waals surface area contributed by atoms with E-state index in [1.807, 2.05) is 4.68 Å². The summed E-state index contributed by atoms with van der Waals surface area (Å²) in [6, 6.07) is 6.24. The van der Waals surface area contributed by atoms with Crippen molar-refractivity contribution in [3.05, 3.63) is 40.7 Å². The average molecular weight is 259 g/mol. The molecule has 19 heavy (non-hydrogen) atoms. The van der Waals surface area contributed by atoms with Gasteiger partial charge in [0.1, 0.15) is 5.69 Å². The van der Waals surface area contributed by atoms with E-state index in [2.05, 4.69) is 63.1 Å². The fourth-order valence-electron chi connectivity index (χ4n) is 2.38. The van der Waals surface area contributed by atoms with E-state index in [0.717, 1.165) is 16.9 Å². The van der Waals surface area contributed by atoms with Crippen LogP contribution in [-0.2, 0) is 12.0 Å². The number of aliphatic hydroxyl groups excluding tert-OH is 1. The van der Waals surface area contributed by atoms with Crippen molar-refractivity contribution in [2.24, 2.45) is 0 Å². The smallest absolute Gasteiger partial charge is 0.112 e. The predicted molar refractivity (Wildman–Crippen MR) is 75.5 cm³/mol. The first-order valence-electron chi connectivity index (χ1n) is 6.48. The number of hydrogen-bond donors (Lipinski definition) is 1. The normalized spacial score (nSPS) is 11.9. The molecule has 0 saturated heterocycles. The van der Waals surface area contributed by atoms with Crippen LogP contribution in [-0.4, -0.2) is 20.1 Å². The number of aryl methyl sites for hydroxylation is 2. The minimum Gasteiger partial charge on any atom is -0.390 e. The molecule has 0 spiro atoms. The van der Waals surface area contributed by atoms with Gasteiger partial charge in [0, 0.05) is 5.41 Å². The molecule has 4 heteroatoms. The number of benzene rings is 1. The van der Waals surface area contributed by atoms with Gasteiger partial charge in [-0.1, -0.05) is 43.7 Å². The lowest BCUT2D eigenvalue weighted by atomic mass is 9.90. The SMILES string of the molecule is Cc1ccc(-n2nnc(CO)c2C(C)(C)C)c(C)c1. The van der Waals surface area contributed by atoms with Crippen LogP contribution < -0.4 is 0 Å². The van der Waals surface area contributed by atoms with Crippen LogP contribution in [0.2, 0.25) is 0 Å². The Labute approximate surface area is 114 Å². The second-order valence-electron chi connectivity index (χ2n) is 5.99. The number of aliphatic hydroxyl groups is 1. The molecule has 102 valence electrons. The molecule has 1 aromatic heterocycles. The first kappa shape index (κ1) is 13.7. The lowest BCUT2D eigenvalue weighted by Crippen LogP contribution is -2.20. The molecule has 0 fully saturated rings. The monoisotopic (exact) mass is 259 g/mol. The molecule has 0 aliphatic heterocycles.